The molecule has 0 aliphatic heterocycles. The number of aliphatic hydroxyl groups is 2. The smallest absolute Gasteiger partial charge is 0.305 e. The summed E-state index contributed by atoms with van der Waals surface area (Å²) in [5, 5.41) is 23.1. The van der Waals surface area contributed by atoms with Crippen LogP contribution in [0.4, 0.5) is 0 Å². The molecule has 0 aliphatic rings. The fourth-order valence-electron chi connectivity index (χ4n) is 7.57. The molecular formula is C51H97NO5. The fourth-order valence-corrected chi connectivity index (χ4v) is 7.57. The first-order chi connectivity index (χ1) is 28.0. The second-order valence-electron chi connectivity index (χ2n) is 17.1. The molecule has 0 spiro atoms. The minimum absolute atomic E-state index is 0.0134. The summed E-state index contributed by atoms with van der Waals surface area (Å²) in [6.45, 7) is 4.89. The Labute approximate surface area is 354 Å². The summed E-state index contributed by atoms with van der Waals surface area (Å²) >= 11 is 0. The molecule has 0 aliphatic carbocycles. The second-order valence-corrected chi connectivity index (χ2v) is 17.1. The predicted octanol–water partition coefficient (Wildman–Crippen LogP) is 14.7. The van der Waals surface area contributed by atoms with Crippen molar-refractivity contribution in [2.24, 2.45) is 0 Å². The van der Waals surface area contributed by atoms with Gasteiger partial charge in [0, 0.05) is 12.8 Å². The van der Waals surface area contributed by atoms with E-state index in [1.807, 2.05) is 0 Å². The molecule has 0 aromatic heterocycles. The van der Waals surface area contributed by atoms with Crippen LogP contribution in [0.1, 0.15) is 264 Å². The highest BCUT2D eigenvalue weighted by atomic mass is 16.5. The molecule has 3 N–H and O–H groups in total. The van der Waals surface area contributed by atoms with Crippen LogP contribution in [0.5, 0.6) is 0 Å². The summed E-state index contributed by atoms with van der Waals surface area (Å²) in [5.41, 5.74) is 0. The Bertz CT molecular complexity index is 889. The van der Waals surface area contributed by atoms with Crippen LogP contribution in [0.2, 0.25) is 0 Å². The van der Waals surface area contributed by atoms with E-state index in [1.165, 1.54) is 167 Å². The average Bonchev–Trinajstić information content (AvgIpc) is 3.21. The number of ether oxygens (including phenoxy) is 1. The first kappa shape index (κ1) is 55.3. The molecule has 2 unspecified atom stereocenters. The molecule has 0 saturated heterocycles. The van der Waals surface area contributed by atoms with Gasteiger partial charge in [-0.25, -0.2) is 0 Å². The van der Waals surface area contributed by atoms with Gasteiger partial charge >= 0.3 is 5.97 Å². The lowest BCUT2D eigenvalue weighted by molar-refractivity contribution is -0.143. The Kier molecular flexibility index (Phi) is 45.7. The van der Waals surface area contributed by atoms with Gasteiger partial charge < -0.3 is 20.3 Å². The Morgan fingerprint density at radius 2 is 0.825 bits per heavy atom. The van der Waals surface area contributed by atoms with Gasteiger partial charge in [0.25, 0.3) is 0 Å². The van der Waals surface area contributed by atoms with Crippen LogP contribution in [0.25, 0.3) is 0 Å². The standard InChI is InChI=1S/C51H97NO5/c1-3-5-7-9-11-13-15-23-27-31-35-39-43-49(54)48(47-53)52-50(55)44-40-36-32-28-24-21-19-17-18-20-22-26-30-34-38-42-46-57-51(56)45-41-37-33-29-25-16-14-12-10-8-6-4-2/h12,14,17,19,48-49,53-54H,3-11,13,15-16,18,20-47H2,1-2H3,(H,52,55)/b14-12-,19-17-. The number of nitrogens with one attached hydrogen (secondary N) is 1. The second kappa shape index (κ2) is 47.0. The Balaban J connectivity index is 3.48. The van der Waals surface area contributed by atoms with Crippen molar-refractivity contribution < 1.29 is 24.5 Å². The molecule has 2 atom stereocenters. The molecule has 6 heteroatoms. The third-order valence-corrected chi connectivity index (χ3v) is 11.5. The van der Waals surface area contributed by atoms with Crippen LogP contribution < -0.4 is 5.32 Å². The monoisotopic (exact) mass is 804 g/mol. The zero-order valence-corrected chi connectivity index (χ0v) is 38.1. The van der Waals surface area contributed by atoms with E-state index in [-0.39, 0.29) is 18.5 Å². The van der Waals surface area contributed by atoms with Crippen LogP contribution in [0.3, 0.4) is 0 Å². The van der Waals surface area contributed by atoms with Gasteiger partial charge in [0.15, 0.2) is 0 Å². The molecule has 57 heavy (non-hydrogen) atoms. The molecular weight excluding hydrogens is 707 g/mol. The molecule has 0 aromatic carbocycles. The summed E-state index contributed by atoms with van der Waals surface area (Å²) in [4.78, 5) is 24.4. The molecule has 0 rings (SSSR count). The van der Waals surface area contributed by atoms with Gasteiger partial charge in [-0.3, -0.25) is 9.59 Å². The molecule has 0 aromatic rings. The van der Waals surface area contributed by atoms with E-state index in [1.54, 1.807) is 0 Å². The molecule has 0 heterocycles. The van der Waals surface area contributed by atoms with E-state index in [0.717, 1.165) is 64.2 Å². The molecule has 0 radical (unpaired) electrons. The van der Waals surface area contributed by atoms with E-state index in [2.05, 4.69) is 43.5 Å². The van der Waals surface area contributed by atoms with E-state index >= 15 is 0 Å². The summed E-state index contributed by atoms with van der Waals surface area (Å²) in [5.74, 6) is -0.0668. The lowest BCUT2D eigenvalue weighted by Gasteiger charge is -2.22. The normalized spacial score (nSPS) is 12.8. The molecule has 6 nitrogen and oxygen atoms in total. The quantitative estimate of drug-likeness (QED) is 0.0324. The van der Waals surface area contributed by atoms with Crippen LogP contribution in [-0.4, -0.2) is 47.4 Å². The first-order valence-electron chi connectivity index (χ1n) is 25.1. The van der Waals surface area contributed by atoms with Crippen LogP contribution in [0, 0.1) is 0 Å². The van der Waals surface area contributed by atoms with Gasteiger partial charge in [0.05, 0.1) is 25.4 Å². The van der Waals surface area contributed by atoms with Gasteiger partial charge in [0.1, 0.15) is 0 Å². The van der Waals surface area contributed by atoms with Crippen molar-refractivity contribution in [2.45, 2.75) is 276 Å². The van der Waals surface area contributed by atoms with Crippen molar-refractivity contribution >= 4 is 11.9 Å². The maximum Gasteiger partial charge on any atom is 0.305 e. The zero-order valence-electron chi connectivity index (χ0n) is 38.1. The van der Waals surface area contributed by atoms with Gasteiger partial charge in [-0.05, 0) is 77.0 Å². The topological polar surface area (TPSA) is 95.9 Å². The van der Waals surface area contributed by atoms with Crippen molar-refractivity contribution in [1.29, 1.82) is 0 Å². The van der Waals surface area contributed by atoms with Crippen LogP contribution in [0.15, 0.2) is 24.3 Å². The summed E-state index contributed by atoms with van der Waals surface area (Å²) in [6, 6.07) is -0.552. The van der Waals surface area contributed by atoms with E-state index in [0.29, 0.717) is 25.9 Å². The Morgan fingerprint density at radius 1 is 0.474 bits per heavy atom. The van der Waals surface area contributed by atoms with Crippen molar-refractivity contribution in [3.8, 4) is 0 Å². The number of rotatable bonds is 46. The highest BCUT2D eigenvalue weighted by molar-refractivity contribution is 5.76. The first-order valence-corrected chi connectivity index (χ1v) is 25.1. The minimum Gasteiger partial charge on any atom is -0.466 e. The number of aliphatic hydroxyl groups excluding tert-OH is 2. The third kappa shape index (κ3) is 43.7. The number of carbonyl (C=O) groups excluding carboxylic acids is 2. The maximum absolute atomic E-state index is 12.4. The molecule has 0 bridgehead atoms. The highest BCUT2D eigenvalue weighted by Crippen LogP contribution is 2.15. The number of allylic oxidation sites excluding steroid dienone is 4. The van der Waals surface area contributed by atoms with Gasteiger partial charge in [-0.1, -0.05) is 199 Å². The Hall–Kier alpha value is -1.66. The van der Waals surface area contributed by atoms with Crippen molar-refractivity contribution in [3.63, 3.8) is 0 Å². The molecule has 1 amide bonds. The van der Waals surface area contributed by atoms with Crippen molar-refractivity contribution in [3.05, 3.63) is 24.3 Å². The van der Waals surface area contributed by atoms with Crippen molar-refractivity contribution in [1.82, 2.24) is 5.32 Å². The summed E-state index contributed by atoms with van der Waals surface area (Å²) < 4.78 is 5.44. The molecule has 0 fully saturated rings. The maximum atomic E-state index is 12.4. The van der Waals surface area contributed by atoms with E-state index in [4.69, 9.17) is 4.74 Å². The molecule has 336 valence electrons. The van der Waals surface area contributed by atoms with Gasteiger partial charge in [-0.15, -0.1) is 0 Å². The van der Waals surface area contributed by atoms with Crippen LogP contribution >= 0.6 is 0 Å². The van der Waals surface area contributed by atoms with Gasteiger partial charge in [-0.2, -0.15) is 0 Å². The third-order valence-electron chi connectivity index (χ3n) is 11.5. The van der Waals surface area contributed by atoms with Gasteiger partial charge in [0.2, 0.25) is 5.91 Å². The highest BCUT2D eigenvalue weighted by Gasteiger charge is 2.20. The number of esters is 1. The number of hydrogen-bond donors (Lipinski definition) is 3. The largest absolute Gasteiger partial charge is 0.466 e. The predicted molar refractivity (Wildman–Crippen MR) is 246 cm³/mol. The summed E-state index contributed by atoms with van der Waals surface area (Å²) in [6.07, 6.45) is 54.3. The number of amides is 1. The lowest BCUT2D eigenvalue weighted by Crippen LogP contribution is -2.45. The fraction of sp³-hybridized carbons (Fsp3) is 0.882. The average molecular weight is 804 g/mol. The molecule has 0 saturated carbocycles. The van der Waals surface area contributed by atoms with Crippen LogP contribution in [-0.2, 0) is 14.3 Å². The summed E-state index contributed by atoms with van der Waals surface area (Å²) in [7, 11) is 0. The van der Waals surface area contributed by atoms with Crippen molar-refractivity contribution in [2.75, 3.05) is 13.2 Å². The Morgan fingerprint density at radius 3 is 1.28 bits per heavy atom. The lowest BCUT2D eigenvalue weighted by atomic mass is 10.0. The SMILES string of the molecule is CCCCC/C=C\CCCCCCCC(=O)OCCCCCCCCC/C=C\CCCCCCCC(=O)NC(CO)C(O)CCCCCCCCCCCCCC. The number of unbranched alkanes of at least 4 members (excludes halogenated alkanes) is 31. The number of hydrogen-bond acceptors (Lipinski definition) is 5. The van der Waals surface area contributed by atoms with E-state index in [9.17, 15) is 19.8 Å². The zero-order chi connectivity index (χ0) is 41.5. The number of carbonyl (C=O) groups is 2. The van der Waals surface area contributed by atoms with E-state index < -0.39 is 12.1 Å². The minimum atomic E-state index is -0.673.